The van der Waals surface area contributed by atoms with Crippen molar-refractivity contribution in [1.29, 1.82) is 0 Å². The van der Waals surface area contributed by atoms with Crippen LogP contribution in [0.3, 0.4) is 0 Å². The van der Waals surface area contributed by atoms with Crippen LogP contribution in [-0.2, 0) is 9.53 Å². The van der Waals surface area contributed by atoms with Gasteiger partial charge in [0.25, 0.3) is 0 Å². The maximum absolute atomic E-state index is 11.3. The molecule has 1 aliphatic rings. The zero-order valence-electron chi connectivity index (χ0n) is 7.42. The minimum atomic E-state index is -0.0328. The van der Waals surface area contributed by atoms with Crippen molar-refractivity contribution in [3.63, 3.8) is 0 Å². The Morgan fingerprint density at radius 2 is 2.08 bits per heavy atom. The monoisotopic (exact) mass is 168 g/mol. The summed E-state index contributed by atoms with van der Waals surface area (Å²) in [7, 11) is 0. The van der Waals surface area contributed by atoms with Crippen LogP contribution in [0.25, 0.3) is 0 Å². The molecule has 0 saturated heterocycles. The van der Waals surface area contributed by atoms with Crippen LogP contribution in [0.15, 0.2) is 12.7 Å². The molecule has 0 aromatic rings. The molecule has 0 radical (unpaired) electrons. The Balaban J connectivity index is 2.24. The van der Waals surface area contributed by atoms with Crippen molar-refractivity contribution in [1.82, 2.24) is 0 Å². The molecule has 1 fully saturated rings. The van der Waals surface area contributed by atoms with E-state index in [1.165, 1.54) is 19.3 Å². The molecule has 68 valence electrons. The van der Waals surface area contributed by atoms with Crippen molar-refractivity contribution in [2.24, 2.45) is 5.92 Å². The number of carbonyl (C=O) groups is 1. The number of hydrogen-bond acceptors (Lipinski definition) is 2. The SMILES string of the molecule is C=CCOC(=O)C1CCCCC1. The Morgan fingerprint density at radius 1 is 1.42 bits per heavy atom. The highest BCUT2D eigenvalue weighted by molar-refractivity contribution is 5.72. The second-order valence-corrected chi connectivity index (χ2v) is 3.25. The lowest BCUT2D eigenvalue weighted by atomic mass is 9.89. The van der Waals surface area contributed by atoms with Crippen LogP contribution in [0.4, 0.5) is 0 Å². The first-order valence-corrected chi connectivity index (χ1v) is 4.62. The van der Waals surface area contributed by atoms with Gasteiger partial charge in [0.05, 0.1) is 5.92 Å². The van der Waals surface area contributed by atoms with Crippen LogP contribution in [0, 0.1) is 5.92 Å². The maximum atomic E-state index is 11.3. The minimum absolute atomic E-state index is 0.0328. The number of ether oxygens (including phenoxy) is 1. The summed E-state index contributed by atoms with van der Waals surface area (Å²) in [4.78, 5) is 11.3. The fourth-order valence-electron chi connectivity index (χ4n) is 1.60. The third kappa shape index (κ3) is 2.68. The second-order valence-electron chi connectivity index (χ2n) is 3.25. The van der Waals surface area contributed by atoms with E-state index in [0.717, 1.165) is 12.8 Å². The average Bonchev–Trinajstić information content (AvgIpc) is 2.15. The molecule has 0 aromatic carbocycles. The first kappa shape index (κ1) is 9.30. The molecule has 0 amide bonds. The molecule has 1 aliphatic carbocycles. The lowest BCUT2D eigenvalue weighted by Gasteiger charge is -2.19. The van der Waals surface area contributed by atoms with Crippen LogP contribution in [0.5, 0.6) is 0 Å². The molecule has 12 heavy (non-hydrogen) atoms. The van der Waals surface area contributed by atoms with Crippen molar-refractivity contribution < 1.29 is 9.53 Å². The summed E-state index contributed by atoms with van der Waals surface area (Å²) in [6.45, 7) is 3.86. The van der Waals surface area contributed by atoms with Gasteiger partial charge in [0, 0.05) is 0 Å². The number of rotatable bonds is 3. The van der Waals surface area contributed by atoms with Crippen molar-refractivity contribution in [3.05, 3.63) is 12.7 Å². The van der Waals surface area contributed by atoms with Crippen molar-refractivity contribution in [2.75, 3.05) is 6.61 Å². The number of carbonyl (C=O) groups excluding carboxylic acids is 1. The molecule has 0 aromatic heterocycles. The van der Waals surface area contributed by atoms with Crippen LogP contribution in [0.1, 0.15) is 32.1 Å². The molecule has 0 atom stereocenters. The first-order chi connectivity index (χ1) is 5.84. The van der Waals surface area contributed by atoms with Crippen molar-refractivity contribution >= 4 is 5.97 Å². The average molecular weight is 168 g/mol. The number of esters is 1. The summed E-state index contributed by atoms with van der Waals surface area (Å²) < 4.78 is 4.97. The molecule has 1 rings (SSSR count). The van der Waals surface area contributed by atoms with E-state index in [0.29, 0.717) is 6.61 Å². The van der Waals surface area contributed by atoms with E-state index in [9.17, 15) is 4.79 Å². The van der Waals surface area contributed by atoms with Gasteiger partial charge in [-0.1, -0.05) is 31.9 Å². The molecule has 0 unspecified atom stereocenters. The Hall–Kier alpha value is -0.790. The lowest BCUT2D eigenvalue weighted by Crippen LogP contribution is -2.20. The Labute approximate surface area is 73.6 Å². The van der Waals surface area contributed by atoms with E-state index in [1.54, 1.807) is 6.08 Å². The molecule has 0 spiro atoms. The lowest BCUT2D eigenvalue weighted by molar-refractivity contribution is -0.148. The van der Waals surface area contributed by atoms with Crippen LogP contribution in [0.2, 0.25) is 0 Å². The summed E-state index contributed by atoms with van der Waals surface area (Å²) in [6.07, 6.45) is 7.25. The molecule has 0 bridgehead atoms. The van der Waals surface area contributed by atoms with Crippen molar-refractivity contribution in [3.8, 4) is 0 Å². The van der Waals surface area contributed by atoms with Gasteiger partial charge in [-0.05, 0) is 12.8 Å². The van der Waals surface area contributed by atoms with E-state index in [-0.39, 0.29) is 11.9 Å². The van der Waals surface area contributed by atoms with Crippen molar-refractivity contribution in [2.45, 2.75) is 32.1 Å². The topological polar surface area (TPSA) is 26.3 Å². The zero-order chi connectivity index (χ0) is 8.81. The predicted molar refractivity (Wildman–Crippen MR) is 47.7 cm³/mol. The quantitative estimate of drug-likeness (QED) is 0.477. The maximum Gasteiger partial charge on any atom is 0.309 e. The van der Waals surface area contributed by atoms with E-state index >= 15 is 0 Å². The highest BCUT2D eigenvalue weighted by Crippen LogP contribution is 2.24. The van der Waals surface area contributed by atoms with E-state index in [1.807, 2.05) is 0 Å². The summed E-state index contributed by atoms with van der Waals surface area (Å²) in [5.41, 5.74) is 0. The summed E-state index contributed by atoms with van der Waals surface area (Å²) >= 11 is 0. The summed E-state index contributed by atoms with van der Waals surface area (Å²) in [5, 5.41) is 0. The molecule has 0 aliphatic heterocycles. The van der Waals surface area contributed by atoms with Crippen LogP contribution < -0.4 is 0 Å². The molecule has 0 N–H and O–H groups in total. The van der Waals surface area contributed by atoms with Gasteiger partial charge in [0.2, 0.25) is 0 Å². The molecular weight excluding hydrogens is 152 g/mol. The van der Waals surface area contributed by atoms with E-state index in [4.69, 9.17) is 4.74 Å². The summed E-state index contributed by atoms with van der Waals surface area (Å²) in [5.74, 6) is 0.133. The third-order valence-electron chi connectivity index (χ3n) is 2.28. The van der Waals surface area contributed by atoms with Gasteiger partial charge < -0.3 is 4.74 Å². The van der Waals surface area contributed by atoms with Gasteiger partial charge in [0.1, 0.15) is 6.61 Å². The van der Waals surface area contributed by atoms with E-state index in [2.05, 4.69) is 6.58 Å². The Morgan fingerprint density at radius 3 is 2.67 bits per heavy atom. The number of hydrogen-bond donors (Lipinski definition) is 0. The normalized spacial score (nSPS) is 18.7. The third-order valence-corrected chi connectivity index (χ3v) is 2.28. The molecular formula is C10H16O2. The summed E-state index contributed by atoms with van der Waals surface area (Å²) in [6, 6.07) is 0. The fourth-order valence-corrected chi connectivity index (χ4v) is 1.60. The van der Waals surface area contributed by atoms with E-state index < -0.39 is 0 Å². The second kappa shape index (κ2) is 4.96. The standard InChI is InChI=1S/C10H16O2/c1-2-8-12-10(11)9-6-4-3-5-7-9/h2,9H,1,3-8H2. The van der Waals surface area contributed by atoms with Gasteiger partial charge in [-0.3, -0.25) is 4.79 Å². The Kier molecular flexibility index (Phi) is 3.85. The van der Waals surface area contributed by atoms with Gasteiger partial charge in [-0.25, -0.2) is 0 Å². The largest absolute Gasteiger partial charge is 0.461 e. The van der Waals surface area contributed by atoms with Gasteiger partial charge in [0.15, 0.2) is 0 Å². The minimum Gasteiger partial charge on any atom is -0.461 e. The highest BCUT2D eigenvalue weighted by atomic mass is 16.5. The van der Waals surface area contributed by atoms with Crippen LogP contribution in [-0.4, -0.2) is 12.6 Å². The van der Waals surface area contributed by atoms with Gasteiger partial charge in [-0.2, -0.15) is 0 Å². The molecule has 0 heterocycles. The van der Waals surface area contributed by atoms with Gasteiger partial charge in [-0.15, -0.1) is 0 Å². The van der Waals surface area contributed by atoms with Gasteiger partial charge >= 0.3 is 5.97 Å². The predicted octanol–water partition coefficient (Wildman–Crippen LogP) is 2.30. The fraction of sp³-hybridized carbons (Fsp3) is 0.700. The molecule has 1 saturated carbocycles. The highest BCUT2D eigenvalue weighted by Gasteiger charge is 2.21. The first-order valence-electron chi connectivity index (χ1n) is 4.62. The Bertz CT molecular complexity index is 157. The molecule has 2 nitrogen and oxygen atoms in total. The van der Waals surface area contributed by atoms with Crippen LogP contribution >= 0.6 is 0 Å². The molecule has 2 heteroatoms. The smallest absolute Gasteiger partial charge is 0.309 e. The zero-order valence-corrected chi connectivity index (χ0v) is 7.42.